The van der Waals surface area contributed by atoms with Crippen LogP contribution in [0.25, 0.3) is 0 Å². The topological polar surface area (TPSA) is 17.1 Å². The van der Waals surface area contributed by atoms with Gasteiger partial charge in [-0.15, -0.1) is 0 Å². The number of Topliss-reactive ketones (excluding diaryl/α,β-unsaturated/α-hetero) is 1. The largest absolute Gasteiger partial charge is 0.300 e. The van der Waals surface area contributed by atoms with Crippen LogP contribution in [-0.2, 0) is 4.79 Å². The minimum atomic E-state index is -0.617. The highest BCUT2D eigenvalue weighted by Gasteiger charge is 2.59. The number of rotatable bonds is 1. The fourth-order valence-corrected chi connectivity index (χ4v) is 7.28. The van der Waals surface area contributed by atoms with Crippen LogP contribution in [0.4, 0.5) is 4.39 Å². The first kappa shape index (κ1) is 15.8. The lowest BCUT2D eigenvalue weighted by Gasteiger charge is -2.57. The Morgan fingerprint density at radius 3 is 2.65 bits per heavy atom. The van der Waals surface area contributed by atoms with Gasteiger partial charge >= 0.3 is 0 Å². The van der Waals surface area contributed by atoms with Crippen LogP contribution < -0.4 is 0 Å². The average molecular weight is 318 g/mol. The average Bonchev–Trinajstić information content (AvgIpc) is 2.85. The second-order valence-electron chi connectivity index (χ2n) is 9.38. The van der Waals surface area contributed by atoms with Gasteiger partial charge in [0.25, 0.3) is 0 Å². The van der Waals surface area contributed by atoms with Crippen molar-refractivity contribution in [3.05, 3.63) is 11.6 Å². The highest BCUT2D eigenvalue weighted by molar-refractivity contribution is 5.79. The molecule has 4 rings (SSSR count). The van der Waals surface area contributed by atoms with Gasteiger partial charge in [-0.05, 0) is 80.5 Å². The van der Waals surface area contributed by atoms with Gasteiger partial charge in [0, 0.05) is 12.3 Å². The van der Waals surface area contributed by atoms with Crippen molar-refractivity contribution in [1.29, 1.82) is 0 Å². The second-order valence-corrected chi connectivity index (χ2v) is 9.38. The fourth-order valence-electron chi connectivity index (χ4n) is 7.28. The molecule has 23 heavy (non-hydrogen) atoms. The molecule has 0 saturated heterocycles. The van der Waals surface area contributed by atoms with E-state index in [1.165, 1.54) is 24.8 Å². The number of halogens is 1. The summed E-state index contributed by atoms with van der Waals surface area (Å²) in [7, 11) is 0. The number of hydrogen-bond donors (Lipinski definition) is 0. The van der Waals surface area contributed by atoms with E-state index in [0.717, 1.165) is 37.5 Å². The predicted molar refractivity (Wildman–Crippen MR) is 90.8 cm³/mol. The molecule has 0 aromatic heterocycles. The lowest BCUT2D eigenvalue weighted by atomic mass is 9.47. The van der Waals surface area contributed by atoms with Crippen molar-refractivity contribution in [3.63, 3.8) is 0 Å². The Bertz CT molecular complexity index is 552. The molecule has 1 nitrogen and oxygen atoms in total. The lowest BCUT2D eigenvalue weighted by molar-refractivity contribution is -0.127. The van der Waals surface area contributed by atoms with Gasteiger partial charge in [-0.25, -0.2) is 4.39 Å². The van der Waals surface area contributed by atoms with Crippen molar-refractivity contribution in [2.45, 2.75) is 78.3 Å². The summed E-state index contributed by atoms with van der Waals surface area (Å²) in [6.45, 7) is 6.61. The van der Waals surface area contributed by atoms with Gasteiger partial charge in [0.05, 0.1) is 0 Å². The molecule has 2 heteroatoms. The molecule has 0 aliphatic heterocycles. The minimum absolute atomic E-state index is 0.228. The summed E-state index contributed by atoms with van der Waals surface area (Å²) in [6, 6.07) is 0. The van der Waals surface area contributed by atoms with Gasteiger partial charge in [-0.3, -0.25) is 4.79 Å². The predicted octanol–water partition coefficient (Wildman–Crippen LogP) is 5.49. The molecule has 7 atom stereocenters. The molecule has 0 spiro atoms. The summed E-state index contributed by atoms with van der Waals surface area (Å²) in [5, 5.41) is 0. The van der Waals surface area contributed by atoms with Gasteiger partial charge in [-0.2, -0.15) is 0 Å². The van der Waals surface area contributed by atoms with Crippen LogP contribution in [0.15, 0.2) is 11.6 Å². The van der Waals surface area contributed by atoms with E-state index in [1.54, 1.807) is 6.92 Å². The fraction of sp³-hybridized carbons (Fsp3) is 0.857. The third-order valence-electron chi connectivity index (χ3n) is 8.53. The van der Waals surface area contributed by atoms with Crippen LogP contribution >= 0.6 is 0 Å². The first-order valence-corrected chi connectivity index (χ1v) is 9.70. The Kier molecular flexibility index (Phi) is 3.56. The molecular formula is C21H31FO. The molecule has 3 fully saturated rings. The van der Waals surface area contributed by atoms with E-state index in [9.17, 15) is 9.18 Å². The SMILES string of the molecule is CC(=O)C1CCC2C3CC=C4CC(F)CCC4(C)C3CCC12C. The maximum Gasteiger partial charge on any atom is 0.133 e. The summed E-state index contributed by atoms with van der Waals surface area (Å²) < 4.78 is 13.9. The van der Waals surface area contributed by atoms with Crippen molar-refractivity contribution in [1.82, 2.24) is 0 Å². The first-order chi connectivity index (χ1) is 10.9. The van der Waals surface area contributed by atoms with Crippen molar-refractivity contribution >= 4 is 5.78 Å². The maximum atomic E-state index is 13.9. The maximum absolute atomic E-state index is 13.9. The molecule has 0 aromatic rings. The standard InChI is InChI=1S/C21H31FO/c1-13(23)17-6-7-18-16-5-4-14-12-15(22)8-10-20(14,2)19(16)9-11-21(17,18)3/h4,15-19H,5-12H2,1-3H3. The third kappa shape index (κ3) is 2.12. The van der Waals surface area contributed by atoms with Crippen molar-refractivity contribution in [3.8, 4) is 0 Å². The van der Waals surface area contributed by atoms with Crippen LogP contribution in [0.1, 0.15) is 72.1 Å². The summed E-state index contributed by atoms with van der Waals surface area (Å²) >= 11 is 0. The van der Waals surface area contributed by atoms with E-state index in [4.69, 9.17) is 0 Å². The van der Waals surface area contributed by atoms with E-state index < -0.39 is 6.17 Å². The summed E-state index contributed by atoms with van der Waals surface area (Å²) in [5.41, 5.74) is 1.88. The molecule has 0 N–H and O–H groups in total. The highest BCUT2D eigenvalue weighted by atomic mass is 19.1. The van der Waals surface area contributed by atoms with E-state index >= 15 is 0 Å². The highest BCUT2D eigenvalue weighted by Crippen LogP contribution is 2.66. The van der Waals surface area contributed by atoms with Gasteiger partial charge in [-0.1, -0.05) is 25.5 Å². The van der Waals surface area contributed by atoms with Crippen LogP contribution in [0.2, 0.25) is 0 Å². The number of allylic oxidation sites excluding steroid dienone is 2. The van der Waals surface area contributed by atoms with Gasteiger partial charge in [0.2, 0.25) is 0 Å². The van der Waals surface area contributed by atoms with Crippen LogP contribution in [0, 0.1) is 34.5 Å². The molecule has 0 bridgehead atoms. The first-order valence-electron chi connectivity index (χ1n) is 9.70. The molecule has 0 heterocycles. The number of carbonyl (C=O) groups excluding carboxylic acids is 1. The second kappa shape index (κ2) is 5.17. The molecule has 0 aromatic carbocycles. The smallest absolute Gasteiger partial charge is 0.133 e. The number of fused-ring (bicyclic) bond motifs is 5. The van der Waals surface area contributed by atoms with Crippen LogP contribution in [0.5, 0.6) is 0 Å². The van der Waals surface area contributed by atoms with Crippen molar-refractivity contribution in [2.24, 2.45) is 34.5 Å². The van der Waals surface area contributed by atoms with E-state index in [-0.39, 0.29) is 16.7 Å². The van der Waals surface area contributed by atoms with Crippen LogP contribution in [-0.4, -0.2) is 12.0 Å². The lowest BCUT2D eigenvalue weighted by Crippen LogP contribution is -2.50. The molecule has 0 amide bonds. The van der Waals surface area contributed by atoms with Gasteiger partial charge in [0.15, 0.2) is 0 Å². The summed E-state index contributed by atoms with van der Waals surface area (Å²) in [6.07, 6.45) is 10.1. The molecule has 3 saturated carbocycles. The summed E-state index contributed by atoms with van der Waals surface area (Å²) in [5.74, 6) is 2.84. The van der Waals surface area contributed by atoms with Crippen LogP contribution in [0.3, 0.4) is 0 Å². The zero-order valence-corrected chi connectivity index (χ0v) is 14.9. The van der Waals surface area contributed by atoms with E-state index in [0.29, 0.717) is 18.1 Å². The number of carbonyl (C=O) groups is 1. The Balaban J connectivity index is 1.66. The Morgan fingerprint density at radius 1 is 1.13 bits per heavy atom. The molecule has 4 aliphatic carbocycles. The molecule has 7 unspecified atom stereocenters. The minimum Gasteiger partial charge on any atom is -0.300 e. The molecule has 4 aliphatic rings. The van der Waals surface area contributed by atoms with Crippen molar-refractivity contribution < 1.29 is 9.18 Å². The van der Waals surface area contributed by atoms with Gasteiger partial charge < -0.3 is 0 Å². The summed E-state index contributed by atoms with van der Waals surface area (Å²) in [4.78, 5) is 12.1. The molecular weight excluding hydrogens is 287 g/mol. The Morgan fingerprint density at radius 2 is 1.91 bits per heavy atom. The zero-order valence-electron chi connectivity index (χ0n) is 14.9. The molecule has 128 valence electrons. The van der Waals surface area contributed by atoms with Crippen molar-refractivity contribution in [2.75, 3.05) is 0 Å². The van der Waals surface area contributed by atoms with E-state index in [2.05, 4.69) is 19.9 Å². The Hall–Kier alpha value is -0.660. The normalized spacial score (nSPS) is 52.2. The number of alkyl halides is 1. The third-order valence-corrected chi connectivity index (χ3v) is 8.53. The quantitative estimate of drug-likeness (QED) is 0.584. The monoisotopic (exact) mass is 318 g/mol. The number of ketones is 1. The van der Waals surface area contributed by atoms with E-state index in [1.807, 2.05) is 0 Å². The van der Waals surface area contributed by atoms with Gasteiger partial charge in [0.1, 0.15) is 12.0 Å². The Labute approximate surface area is 140 Å². The number of hydrogen-bond acceptors (Lipinski definition) is 1. The zero-order chi connectivity index (χ0) is 16.4. The molecule has 0 radical (unpaired) electrons.